The van der Waals surface area contributed by atoms with E-state index in [0.29, 0.717) is 11.4 Å². The van der Waals surface area contributed by atoms with Crippen LogP contribution in [0, 0.1) is 6.92 Å². The Kier molecular flexibility index (Phi) is 3.10. The van der Waals surface area contributed by atoms with Crippen molar-refractivity contribution < 1.29 is 0 Å². The van der Waals surface area contributed by atoms with Crippen LogP contribution in [-0.4, -0.2) is 14.5 Å². The third-order valence-electron chi connectivity index (χ3n) is 2.79. The molecule has 90 valence electrons. The molecule has 5 heteroatoms. The second-order valence-electron chi connectivity index (χ2n) is 3.98. The van der Waals surface area contributed by atoms with Crippen LogP contribution in [0.1, 0.15) is 30.0 Å². The summed E-state index contributed by atoms with van der Waals surface area (Å²) in [4.78, 5) is 19.1. The van der Waals surface area contributed by atoms with Gasteiger partial charge in [-0.3, -0.25) is 4.79 Å². The second kappa shape index (κ2) is 4.55. The number of H-pyrrole nitrogens is 1. The van der Waals surface area contributed by atoms with E-state index in [1.807, 2.05) is 24.6 Å². The van der Waals surface area contributed by atoms with Crippen molar-refractivity contribution in [2.45, 2.75) is 26.4 Å². The Morgan fingerprint density at radius 2 is 2.35 bits per heavy atom. The van der Waals surface area contributed by atoms with Crippen molar-refractivity contribution in [3.63, 3.8) is 0 Å². The summed E-state index contributed by atoms with van der Waals surface area (Å²) >= 11 is 0. The van der Waals surface area contributed by atoms with Gasteiger partial charge < -0.3 is 15.3 Å². The SMILES string of the molecule is CCn1ccnc1C(N)c1c[nH]c(C)cc1=O. The first-order valence-corrected chi connectivity index (χ1v) is 5.59. The van der Waals surface area contributed by atoms with Crippen LogP contribution in [0.25, 0.3) is 0 Å². The first kappa shape index (κ1) is 11.6. The molecule has 2 aromatic heterocycles. The Morgan fingerprint density at radius 1 is 1.59 bits per heavy atom. The molecule has 3 N–H and O–H groups in total. The molecule has 0 aliphatic carbocycles. The molecule has 0 aliphatic rings. The van der Waals surface area contributed by atoms with E-state index in [0.717, 1.165) is 12.2 Å². The number of imidazole rings is 1. The minimum Gasteiger partial charge on any atom is -0.365 e. The van der Waals surface area contributed by atoms with Gasteiger partial charge in [-0.25, -0.2) is 4.98 Å². The lowest BCUT2D eigenvalue weighted by molar-refractivity contribution is 0.653. The van der Waals surface area contributed by atoms with Gasteiger partial charge in [-0.1, -0.05) is 0 Å². The zero-order valence-electron chi connectivity index (χ0n) is 9.97. The van der Waals surface area contributed by atoms with Gasteiger partial charge in [0, 0.05) is 42.5 Å². The summed E-state index contributed by atoms with van der Waals surface area (Å²) in [5.74, 6) is 0.710. The van der Waals surface area contributed by atoms with Gasteiger partial charge >= 0.3 is 0 Å². The number of aryl methyl sites for hydroxylation is 2. The largest absolute Gasteiger partial charge is 0.365 e. The average molecular weight is 232 g/mol. The van der Waals surface area contributed by atoms with Crippen molar-refractivity contribution in [3.8, 4) is 0 Å². The molecule has 0 saturated carbocycles. The molecule has 0 saturated heterocycles. The first-order valence-electron chi connectivity index (χ1n) is 5.59. The molecule has 2 rings (SSSR count). The smallest absolute Gasteiger partial charge is 0.187 e. The van der Waals surface area contributed by atoms with E-state index in [2.05, 4.69) is 9.97 Å². The highest BCUT2D eigenvalue weighted by atomic mass is 16.1. The van der Waals surface area contributed by atoms with Gasteiger partial charge in [0.1, 0.15) is 5.82 Å². The average Bonchev–Trinajstić information content (AvgIpc) is 2.76. The Labute approximate surface area is 99.3 Å². The molecular formula is C12H16N4O. The molecule has 0 aromatic carbocycles. The highest BCUT2D eigenvalue weighted by Gasteiger charge is 2.16. The fourth-order valence-electron chi connectivity index (χ4n) is 1.83. The summed E-state index contributed by atoms with van der Waals surface area (Å²) < 4.78 is 1.93. The van der Waals surface area contributed by atoms with Crippen molar-refractivity contribution in [2.75, 3.05) is 0 Å². The van der Waals surface area contributed by atoms with Gasteiger partial charge in [0.15, 0.2) is 5.43 Å². The van der Waals surface area contributed by atoms with E-state index in [9.17, 15) is 4.79 Å². The summed E-state index contributed by atoms with van der Waals surface area (Å²) in [5, 5.41) is 0. The number of hydrogen-bond acceptors (Lipinski definition) is 3. The summed E-state index contributed by atoms with van der Waals surface area (Å²) in [6.07, 6.45) is 5.22. The molecule has 0 bridgehead atoms. The molecule has 0 fully saturated rings. The molecular weight excluding hydrogens is 216 g/mol. The van der Waals surface area contributed by atoms with E-state index in [4.69, 9.17) is 5.73 Å². The molecule has 2 heterocycles. The van der Waals surface area contributed by atoms with Crippen molar-refractivity contribution in [3.05, 3.63) is 52.0 Å². The van der Waals surface area contributed by atoms with Crippen molar-refractivity contribution >= 4 is 0 Å². The zero-order chi connectivity index (χ0) is 12.4. The van der Waals surface area contributed by atoms with Crippen molar-refractivity contribution in [2.24, 2.45) is 5.73 Å². The monoisotopic (exact) mass is 232 g/mol. The van der Waals surface area contributed by atoms with E-state index in [1.165, 1.54) is 0 Å². The lowest BCUT2D eigenvalue weighted by atomic mass is 10.1. The molecule has 0 spiro atoms. The van der Waals surface area contributed by atoms with Crippen molar-refractivity contribution in [1.29, 1.82) is 0 Å². The first-order chi connectivity index (χ1) is 8.13. The Balaban J connectivity index is 2.44. The minimum atomic E-state index is -0.491. The number of hydrogen-bond donors (Lipinski definition) is 2. The van der Waals surface area contributed by atoms with E-state index < -0.39 is 6.04 Å². The van der Waals surface area contributed by atoms with E-state index >= 15 is 0 Å². The van der Waals surface area contributed by atoms with Crippen LogP contribution in [0.5, 0.6) is 0 Å². The second-order valence-corrected chi connectivity index (χ2v) is 3.98. The van der Waals surface area contributed by atoms with Crippen LogP contribution in [-0.2, 0) is 6.54 Å². The molecule has 1 atom stereocenters. The highest BCUT2D eigenvalue weighted by Crippen LogP contribution is 2.14. The third kappa shape index (κ3) is 2.14. The summed E-state index contributed by atoms with van der Waals surface area (Å²) in [6, 6.07) is 1.06. The molecule has 0 radical (unpaired) electrons. The summed E-state index contributed by atoms with van der Waals surface area (Å²) in [6.45, 7) is 4.63. The topological polar surface area (TPSA) is 76.7 Å². The van der Waals surface area contributed by atoms with Crippen molar-refractivity contribution in [1.82, 2.24) is 14.5 Å². The fourth-order valence-corrected chi connectivity index (χ4v) is 1.83. The minimum absolute atomic E-state index is 0.0561. The van der Waals surface area contributed by atoms with Crippen LogP contribution in [0.4, 0.5) is 0 Å². The molecule has 2 aromatic rings. The predicted octanol–water partition coefficient (Wildman–Crippen LogP) is 0.948. The van der Waals surface area contributed by atoms with Gasteiger partial charge in [-0.05, 0) is 13.8 Å². The highest BCUT2D eigenvalue weighted by molar-refractivity contribution is 5.23. The maximum atomic E-state index is 11.8. The summed E-state index contributed by atoms with van der Waals surface area (Å²) in [7, 11) is 0. The third-order valence-corrected chi connectivity index (χ3v) is 2.79. The molecule has 17 heavy (non-hydrogen) atoms. The fraction of sp³-hybridized carbons (Fsp3) is 0.333. The number of pyridine rings is 1. The Hall–Kier alpha value is -1.88. The van der Waals surface area contributed by atoms with Gasteiger partial charge in [-0.15, -0.1) is 0 Å². The van der Waals surface area contributed by atoms with E-state index in [1.54, 1.807) is 18.5 Å². The van der Waals surface area contributed by atoms with E-state index in [-0.39, 0.29) is 5.43 Å². The number of rotatable bonds is 3. The van der Waals surface area contributed by atoms with Gasteiger partial charge in [-0.2, -0.15) is 0 Å². The number of nitrogens with zero attached hydrogens (tertiary/aromatic N) is 2. The number of aromatic nitrogens is 3. The maximum Gasteiger partial charge on any atom is 0.187 e. The number of nitrogens with two attached hydrogens (primary N) is 1. The van der Waals surface area contributed by atoms with Crippen LogP contribution in [0.15, 0.2) is 29.5 Å². The van der Waals surface area contributed by atoms with Crippen LogP contribution in [0.3, 0.4) is 0 Å². The number of nitrogens with one attached hydrogen (secondary N) is 1. The van der Waals surface area contributed by atoms with Crippen LogP contribution >= 0.6 is 0 Å². The number of aromatic amines is 1. The van der Waals surface area contributed by atoms with Crippen LogP contribution < -0.4 is 11.2 Å². The van der Waals surface area contributed by atoms with Crippen LogP contribution in [0.2, 0.25) is 0 Å². The zero-order valence-corrected chi connectivity index (χ0v) is 9.97. The van der Waals surface area contributed by atoms with Gasteiger partial charge in [0.2, 0.25) is 0 Å². The molecule has 0 aliphatic heterocycles. The standard InChI is InChI=1S/C12H16N4O/c1-3-16-5-4-14-12(16)11(13)9-7-15-8(2)6-10(9)17/h4-7,11H,3,13H2,1-2H3,(H,15,17). The normalized spacial score (nSPS) is 12.6. The van der Waals surface area contributed by atoms with Gasteiger partial charge in [0.25, 0.3) is 0 Å². The lowest BCUT2D eigenvalue weighted by Gasteiger charge is -2.12. The lowest BCUT2D eigenvalue weighted by Crippen LogP contribution is -2.24. The Bertz CT molecular complexity index is 570. The molecule has 1 unspecified atom stereocenters. The molecule has 0 amide bonds. The predicted molar refractivity (Wildman–Crippen MR) is 65.7 cm³/mol. The Morgan fingerprint density at radius 3 is 3.00 bits per heavy atom. The quantitative estimate of drug-likeness (QED) is 0.827. The van der Waals surface area contributed by atoms with Gasteiger partial charge in [0.05, 0.1) is 6.04 Å². The summed E-state index contributed by atoms with van der Waals surface area (Å²) in [5.41, 5.74) is 7.39. The molecule has 5 nitrogen and oxygen atoms in total. The maximum absolute atomic E-state index is 11.8.